The molecule has 3 N–H and O–H groups in total. The van der Waals surface area contributed by atoms with Gasteiger partial charge in [-0.1, -0.05) is 23.7 Å². The molecule has 0 atom stereocenters. The van der Waals surface area contributed by atoms with Crippen molar-refractivity contribution in [2.24, 2.45) is 0 Å². The molecule has 0 fully saturated rings. The van der Waals surface area contributed by atoms with Gasteiger partial charge in [0.15, 0.2) is 0 Å². The fourth-order valence-corrected chi connectivity index (χ4v) is 2.37. The third-order valence-corrected chi connectivity index (χ3v) is 3.85. The van der Waals surface area contributed by atoms with Gasteiger partial charge in [0.25, 0.3) is 5.91 Å². The molecular formula is C18H19Cl2FN4O3. The minimum atomic E-state index is -0.678. The standard InChI is InChI=1S/C18H18ClFN4O3.ClH/c1-24(11-12-2-5-14(20)6-3-12)17(26)10-22-18-15(19)8-13(9-21-18)4-7-16(25)23-27;/h2-9,27H,10-11H2,1H3,(H,21,22)(H,23,25);1H/b7-4+;. The first-order valence-electron chi connectivity index (χ1n) is 7.89. The number of rotatable bonds is 7. The van der Waals surface area contributed by atoms with E-state index in [-0.39, 0.29) is 35.7 Å². The molecule has 0 saturated carbocycles. The monoisotopic (exact) mass is 428 g/mol. The molecule has 0 radical (unpaired) electrons. The van der Waals surface area contributed by atoms with E-state index in [0.29, 0.717) is 17.9 Å². The first-order valence-corrected chi connectivity index (χ1v) is 8.27. The van der Waals surface area contributed by atoms with Crippen molar-refractivity contribution in [2.45, 2.75) is 6.54 Å². The minimum Gasteiger partial charge on any atom is -0.360 e. The number of hydroxylamine groups is 1. The first kappa shape index (κ1) is 23.4. The smallest absolute Gasteiger partial charge is 0.267 e. The second-order valence-corrected chi connectivity index (χ2v) is 6.05. The van der Waals surface area contributed by atoms with E-state index in [1.165, 1.54) is 34.8 Å². The highest BCUT2D eigenvalue weighted by Crippen LogP contribution is 2.20. The van der Waals surface area contributed by atoms with Crippen LogP contribution < -0.4 is 10.8 Å². The lowest BCUT2D eigenvalue weighted by atomic mass is 10.2. The highest BCUT2D eigenvalue weighted by atomic mass is 35.5. The third kappa shape index (κ3) is 7.15. The zero-order valence-corrected chi connectivity index (χ0v) is 16.4. The number of halogens is 3. The number of pyridine rings is 1. The van der Waals surface area contributed by atoms with E-state index in [1.54, 1.807) is 25.2 Å². The normalized spacial score (nSPS) is 10.3. The minimum absolute atomic E-state index is 0. The number of carbonyl (C=O) groups is 2. The topological polar surface area (TPSA) is 94.6 Å². The van der Waals surface area contributed by atoms with Gasteiger partial charge in [0.2, 0.25) is 5.91 Å². The largest absolute Gasteiger partial charge is 0.360 e. The number of amides is 2. The second kappa shape index (κ2) is 11.2. The van der Waals surface area contributed by atoms with Gasteiger partial charge in [-0.2, -0.15) is 0 Å². The Balaban J connectivity index is 0.00000392. The lowest BCUT2D eigenvalue weighted by Crippen LogP contribution is -2.32. The zero-order valence-electron chi connectivity index (χ0n) is 14.9. The van der Waals surface area contributed by atoms with Crippen molar-refractivity contribution in [1.82, 2.24) is 15.4 Å². The summed E-state index contributed by atoms with van der Waals surface area (Å²) in [4.78, 5) is 28.8. The molecule has 1 aromatic heterocycles. The van der Waals surface area contributed by atoms with E-state index >= 15 is 0 Å². The number of hydrogen-bond donors (Lipinski definition) is 3. The van der Waals surface area contributed by atoms with E-state index in [9.17, 15) is 14.0 Å². The molecule has 0 spiro atoms. The lowest BCUT2D eigenvalue weighted by molar-refractivity contribution is -0.128. The summed E-state index contributed by atoms with van der Waals surface area (Å²) in [5.41, 5.74) is 2.83. The fourth-order valence-electron chi connectivity index (χ4n) is 2.13. The molecule has 10 heteroatoms. The molecule has 150 valence electrons. The fraction of sp³-hybridized carbons (Fsp3) is 0.167. The van der Waals surface area contributed by atoms with Crippen molar-refractivity contribution in [2.75, 3.05) is 18.9 Å². The quantitative estimate of drug-likeness (QED) is 0.358. The number of benzene rings is 1. The molecule has 2 rings (SSSR count). The van der Waals surface area contributed by atoms with E-state index in [1.807, 2.05) is 0 Å². The van der Waals surface area contributed by atoms with Crippen LogP contribution in [-0.4, -0.2) is 40.5 Å². The van der Waals surface area contributed by atoms with Crippen LogP contribution in [0.4, 0.5) is 10.2 Å². The average molecular weight is 429 g/mol. The number of nitrogens with one attached hydrogen (secondary N) is 2. The maximum Gasteiger partial charge on any atom is 0.267 e. The van der Waals surface area contributed by atoms with E-state index < -0.39 is 5.91 Å². The van der Waals surface area contributed by atoms with Gasteiger partial charge < -0.3 is 10.2 Å². The molecule has 1 heterocycles. The maximum atomic E-state index is 12.9. The summed E-state index contributed by atoms with van der Waals surface area (Å²) in [5.74, 6) is -0.877. The van der Waals surface area contributed by atoms with Gasteiger partial charge in [0, 0.05) is 25.9 Å². The van der Waals surface area contributed by atoms with Crippen molar-refractivity contribution in [3.05, 3.63) is 64.6 Å². The van der Waals surface area contributed by atoms with Crippen molar-refractivity contribution < 1.29 is 19.2 Å². The average Bonchev–Trinajstić information content (AvgIpc) is 2.66. The van der Waals surface area contributed by atoms with Gasteiger partial charge in [0.05, 0.1) is 11.6 Å². The summed E-state index contributed by atoms with van der Waals surface area (Å²) in [6, 6.07) is 7.48. The van der Waals surface area contributed by atoms with Crippen LogP contribution in [0.2, 0.25) is 5.02 Å². The number of nitrogens with zero attached hydrogens (tertiary/aromatic N) is 2. The number of aromatic nitrogens is 1. The Morgan fingerprint density at radius 1 is 1.32 bits per heavy atom. The lowest BCUT2D eigenvalue weighted by Gasteiger charge is -2.18. The highest BCUT2D eigenvalue weighted by molar-refractivity contribution is 6.33. The Kier molecular flexibility index (Phi) is 9.37. The van der Waals surface area contributed by atoms with Crippen molar-refractivity contribution in [1.29, 1.82) is 0 Å². The summed E-state index contributed by atoms with van der Waals surface area (Å²) in [6.45, 7) is 0.325. The molecule has 2 amide bonds. The third-order valence-electron chi connectivity index (χ3n) is 3.57. The van der Waals surface area contributed by atoms with E-state index in [0.717, 1.165) is 11.6 Å². The Hall–Kier alpha value is -2.68. The first-order chi connectivity index (χ1) is 12.9. The molecular weight excluding hydrogens is 410 g/mol. The Morgan fingerprint density at radius 2 is 2.00 bits per heavy atom. The van der Waals surface area contributed by atoms with Gasteiger partial charge in [-0.25, -0.2) is 14.9 Å². The van der Waals surface area contributed by atoms with Crippen LogP contribution in [0, 0.1) is 5.82 Å². The molecule has 0 aliphatic rings. The summed E-state index contributed by atoms with van der Waals surface area (Å²) in [6.07, 6.45) is 4.01. The van der Waals surface area contributed by atoms with E-state index in [2.05, 4.69) is 10.3 Å². The number of likely N-dealkylation sites (N-methyl/N-ethyl adjacent to an activating group) is 1. The van der Waals surface area contributed by atoms with Crippen LogP contribution in [0.1, 0.15) is 11.1 Å². The summed E-state index contributed by atoms with van der Waals surface area (Å²) >= 11 is 6.12. The molecule has 28 heavy (non-hydrogen) atoms. The van der Waals surface area contributed by atoms with Gasteiger partial charge in [-0.05, 0) is 35.4 Å². The van der Waals surface area contributed by atoms with Gasteiger partial charge in [0.1, 0.15) is 11.6 Å². The van der Waals surface area contributed by atoms with Crippen LogP contribution in [0.25, 0.3) is 6.08 Å². The molecule has 0 aliphatic carbocycles. The van der Waals surface area contributed by atoms with E-state index in [4.69, 9.17) is 16.8 Å². The molecule has 0 saturated heterocycles. The highest BCUT2D eigenvalue weighted by Gasteiger charge is 2.11. The molecule has 1 aromatic carbocycles. The van der Waals surface area contributed by atoms with Gasteiger partial charge in [-0.15, -0.1) is 12.4 Å². The van der Waals surface area contributed by atoms with Gasteiger partial charge >= 0.3 is 0 Å². The predicted molar refractivity (Wildman–Crippen MR) is 107 cm³/mol. The molecule has 0 aliphatic heterocycles. The summed E-state index contributed by atoms with van der Waals surface area (Å²) in [7, 11) is 1.64. The van der Waals surface area contributed by atoms with Crippen LogP contribution >= 0.6 is 24.0 Å². The maximum absolute atomic E-state index is 12.9. The van der Waals surface area contributed by atoms with Crippen molar-refractivity contribution in [3.63, 3.8) is 0 Å². The number of carbonyl (C=O) groups excluding carboxylic acids is 2. The molecule has 7 nitrogen and oxygen atoms in total. The predicted octanol–water partition coefficient (Wildman–Crippen LogP) is 2.89. The zero-order chi connectivity index (χ0) is 19.8. The Labute approximate surface area is 172 Å². The van der Waals surface area contributed by atoms with Crippen LogP contribution in [0.5, 0.6) is 0 Å². The summed E-state index contributed by atoms with van der Waals surface area (Å²) < 4.78 is 12.9. The molecule has 0 unspecified atom stereocenters. The van der Waals surface area contributed by atoms with Crippen LogP contribution in [-0.2, 0) is 16.1 Å². The second-order valence-electron chi connectivity index (χ2n) is 5.64. The van der Waals surface area contributed by atoms with Crippen LogP contribution in [0.3, 0.4) is 0 Å². The van der Waals surface area contributed by atoms with Crippen molar-refractivity contribution in [3.8, 4) is 0 Å². The molecule has 2 aromatic rings. The van der Waals surface area contributed by atoms with Crippen LogP contribution in [0.15, 0.2) is 42.6 Å². The number of hydrogen-bond acceptors (Lipinski definition) is 5. The molecule has 0 bridgehead atoms. The van der Waals surface area contributed by atoms with Gasteiger partial charge in [-0.3, -0.25) is 14.8 Å². The Morgan fingerprint density at radius 3 is 2.61 bits per heavy atom. The summed E-state index contributed by atoms with van der Waals surface area (Å²) in [5, 5.41) is 11.6. The van der Waals surface area contributed by atoms with Crippen molar-refractivity contribution >= 4 is 47.7 Å². The number of anilines is 1. The SMILES string of the molecule is CN(Cc1ccc(F)cc1)C(=O)CNc1ncc(/C=C/C(=O)NO)cc1Cl.Cl. The Bertz CT molecular complexity index is 847.